The highest BCUT2D eigenvalue weighted by Gasteiger charge is 2.11. The van der Waals surface area contributed by atoms with E-state index in [1.807, 2.05) is 0 Å². The molecular weight excluding hydrogens is 660 g/mol. The minimum absolute atomic E-state index is 0.0596. The topological polar surface area (TPSA) is 181 Å². The minimum atomic E-state index is -0.533. The van der Waals surface area contributed by atoms with Crippen LogP contribution in [-0.2, 0) is 28.6 Å². The van der Waals surface area contributed by atoms with E-state index >= 15 is 0 Å². The van der Waals surface area contributed by atoms with Crippen molar-refractivity contribution in [1.82, 2.24) is 15.0 Å². The first-order valence-electron chi connectivity index (χ1n) is 15.5. The van der Waals surface area contributed by atoms with Crippen molar-refractivity contribution in [2.45, 2.75) is 0 Å². The van der Waals surface area contributed by atoms with Gasteiger partial charge in [-0.25, -0.2) is 14.4 Å². The largest absolute Gasteiger partial charge is 0.490 e. The number of benzene rings is 3. The molecule has 3 aromatic carbocycles. The Bertz CT molecular complexity index is 1610. The molecule has 0 bridgehead atoms. The van der Waals surface area contributed by atoms with Gasteiger partial charge >= 0.3 is 17.9 Å². The van der Waals surface area contributed by atoms with E-state index in [4.69, 9.17) is 28.4 Å². The van der Waals surface area contributed by atoms with Gasteiger partial charge in [-0.1, -0.05) is 37.9 Å². The molecule has 3 N–H and O–H groups in total. The molecule has 1 aromatic heterocycles. The molecule has 51 heavy (non-hydrogen) atoms. The summed E-state index contributed by atoms with van der Waals surface area (Å²) in [6.07, 6.45) is 3.25. The number of hydrogen-bond donors (Lipinski definition) is 3. The van der Waals surface area contributed by atoms with Crippen LogP contribution in [-0.4, -0.2) is 72.5 Å². The Kier molecular flexibility index (Phi) is 14.3. The van der Waals surface area contributed by atoms with Crippen LogP contribution in [0.4, 0.5) is 34.9 Å². The van der Waals surface area contributed by atoms with Gasteiger partial charge in [-0.3, -0.25) is 0 Å². The normalized spacial score (nSPS) is 10.1. The fourth-order valence-corrected chi connectivity index (χ4v) is 4.00. The van der Waals surface area contributed by atoms with Crippen LogP contribution in [0.2, 0.25) is 0 Å². The zero-order valence-corrected chi connectivity index (χ0v) is 27.5. The number of anilines is 6. The Balaban J connectivity index is 1.50. The zero-order valence-electron chi connectivity index (χ0n) is 27.5. The highest BCUT2D eigenvalue weighted by molar-refractivity contribution is 5.81. The summed E-state index contributed by atoms with van der Waals surface area (Å²) in [6.45, 7) is 10.7. The van der Waals surface area contributed by atoms with E-state index in [0.29, 0.717) is 34.3 Å². The van der Waals surface area contributed by atoms with Crippen LogP contribution in [0.1, 0.15) is 0 Å². The number of rotatable bonds is 21. The lowest BCUT2D eigenvalue weighted by atomic mass is 10.3. The lowest BCUT2D eigenvalue weighted by molar-refractivity contribution is -0.139. The van der Waals surface area contributed by atoms with Gasteiger partial charge in [0.25, 0.3) is 0 Å². The number of ether oxygens (including phenoxy) is 6. The minimum Gasteiger partial charge on any atom is -0.490 e. The van der Waals surface area contributed by atoms with E-state index < -0.39 is 17.9 Å². The molecule has 1 heterocycles. The summed E-state index contributed by atoms with van der Waals surface area (Å²) in [5.41, 5.74) is 1.83. The van der Waals surface area contributed by atoms with Crippen LogP contribution in [0.15, 0.2) is 111 Å². The van der Waals surface area contributed by atoms with Crippen LogP contribution in [0.3, 0.4) is 0 Å². The van der Waals surface area contributed by atoms with Crippen LogP contribution < -0.4 is 30.2 Å². The highest BCUT2D eigenvalue weighted by Crippen LogP contribution is 2.26. The maximum atomic E-state index is 11.3. The third-order valence-corrected chi connectivity index (χ3v) is 6.20. The molecular formula is C36H36N6O9. The molecule has 4 aromatic rings. The van der Waals surface area contributed by atoms with Gasteiger partial charge in [0, 0.05) is 53.5 Å². The van der Waals surface area contributed by atoms with Crippen molar-refractivity contribution in [2.75, 3.05) is 55.6 Å². The molecule has 0 aliphatic carbocycles. The Labute approximate surface area is 293 Å². The predicted octanol–water partition coefficient (Wildman–Crippen LogP) is 5.43. The molecule has 0 aliphatic heterocycles. The van der Waals surface area contributed by atoms with E-state index in [1.54, 1.807) is 72.8 Å². The quantitative estimate of drug-likeness (QED) is 0.0434. The molecule has 0 radical (unpaired) electrons. The second kappa shape index (κ2) is 19.8. The fourth-order valence-electron chi connectivity index (χ4n) is 4.00. The SMILES string of the molecule is C=CC(=O)OCCOc1cccc(Nc2nc(Nc3cccc(OCCOC(=O)C=C)c3)nc(Nc3cccc(OCCOC(=O)C=C)c3)n2)c1. The molecule has 0 aliphatic rings. The second-order valence-electron chi connectivity index (χ2n) is 9.92. The second-order valence-corrected chi connectivity index (χ2v) is 9.92. The molecule has 0 fully saturated rings. The van der Waals surface area contributed by atoms with E-state index in [9.17, 15) is 14.4 Å². The molecule has 0 atom stereocenters. The van der Waals surface area contributed by atoms with Gasteiger partial charge in [0.15, 0.2) is 0 Å². The first kappa shape index (κ1) is 36.9. The van der Waals surface area contributed by atoms with Gasteiger partial charge in [-0.05, 0) is 36.4 Å². The number of carbonyl (C=O) groups is 3. The number of nitrogens with zero attached hydrogens (tertiary/aromatic N) is 3. The van der Waals surface area contributed by atoms with Crippen molar-refractivity contribution in [3.8, 4) is 17.2 Å². The third kappa shape index (κ3) is 13.3. The molecule has 0 unspecified atom stereocenters. The number of carbonyl (C=O) groups excluding carboxylic acids is 3. The highest BCUT2D eigenvalue weighted by atomic mass is 16.6. The van der Waals surface area contributed by atoms with Crippen molar-refractivity contribution >= 4 is 52.8 Å². The molecule has 0 amide bonds. The molecule has 0 saturated carbocycles. The monoisotopic (exact) mass is 696 g/mol. The Morgan fingerprint density at radius 3 is 1.06 bits per heavy atom. The van der Waals surface area contributed by atoms with Crippen LogP contribution in [0.5, 0.6) is 17.2 Å². The lowest BCUT2D eigenvalue weighted by Gasteiger charge is -2.13. The smallest absolute Gasteiger partial charge is 0.330 e. The molecule has 15 nitrogen and oxygen atoms in total. The number of nitrogens with one attached hydrogen (secondary N) is 3. The molecule has 264 valence electrons. The summed E-state index contributed by atoms with van der Waals surface area (Å²) in [6, 6.07) is 21.2. The molecule has 15 heteroatoms. The van der Waals surface area contributed by atoms with Crippen LogP contribution >= 0.6 is 0 Å². The first-order chi connectivity index (χ1) is 24.8. The van der Waals surface area contributed by atoms with Crippen molar-refractivity contribution in [1.29, 1.82) is 0 Å². The number of esters is 3. The van der Waals surface area contributed by atoms with Gasteiger partial charge in [-0.15, -0.1) is 0 Å². The Morgan fingerprint density at radius 1 is 0.490 bits per heavy atom. The number of hydrogen-bond acceptors (Lipinski definition) is 15. The van der Waals surface area contributed by atoms with Gasteiger partial charge in [0.1, 0.15) is 56.9 Å². The average Bonchev–Trinajstić information content (AvgIpc) is 3.13. The van der Waals surface area contributed by atoms with Crippen LogP contribution in [0, 0.1) is 0 Å². The zero-order chi connectivity index (χ0) is 36.3. The van der Waals surface area contributed by atoms with Crippen molar-refractivity contribution in [3.63, 3.8) is 0 Å². The van der Waals surface area contributed by atoms with Crippen molar-refractivity contribution < 1.29 is 42.8 Å². The van der Waals surface area contributed by atoms with Crippen LogP contribution in [0.25, 0.3) is 0 Å². The van der Waals surface area contributed by atoms with Gasteiger partial charge in [0.05, 0.1) is 0 Å². The summed E-state index contributed by atoms with van der Waals surface area (Å²) in [7, 11) is 0. The Hall–Kier alpha value is -6.90. The van der Waals surface area contributed by atoms with Gasteiger partial charge in [-0.2, -0.15) is 15.0 Å². The third-order valence-electron chi connectivity index (χ3n) is 6.20. The van der Waals surface area contributed by atoms with E-state index in [2.05, 4.69) is 50.6 Å². The average molecular weight is 697 g/mol. The van der Waals surface area contributed by atoms with E-state index in [0.717, 1.165) is 18.2 Å². The summed E-state index contributed by atoms with van der Waals surface area (Å²) in [4.78, 5) is 47.5. The molecule has 0 saturated heterocycles. The van der Waals surface area contributed by atoms with Crippen molar-refractivity contribution in [2.24, 2.45) is 0 Å². The lowest BCUT2D eigenvalue weighted by Crippen LogP contribution is -2.11. The number of aromatic nitrogens is 3. The summed E-state index contributed by atoms with van der Waals surface area (Å²) in [5, 5.41) is 9.50. The summed E-state index contributed by atoms with van der Waals surface area (Å²) in [5.74, 6) is 0.547. The molecule has 4 rings (SSSR count). The van der Waals surface area contributed by atoms with E-state index in [1.165, 1.54) is 0 Å². The maximum Gasteiger partial charge on any atom is 0.330 e. The predicted molar refractivity (Wildman–Crippen MR) is 189 cm³/mol. The van der Waals surface area contributed by atoms with Gasteiger partial charge < -0.3 is 44.4 Å². The standard InChI is InChI=1S/C36H36N6O9/c1-4-31(43)49-19-16-46-28-13-7-10-25(22-28)37-34-40-35(38-26-11-8-14-29(23-26)47-17-20-50-32(44)5-2)42-36(41-34)39-27-12-9-15-30(24-27)48-18-21-51-33(45)6-3/h4-15,22-24H,1-3,16-21H2,(H3,37,38,39,40,41,42). The van der Waals surface area contributed by atoms with Crippen molar-refractivity contribution in [3.05, 3.63) is 111 Å². The first-order valence-corrected chi connectivity index (χ1v) is 15.5. The Morgan fingerprint density at radius 2 is 0.784 bits per heavy atom. The molecule has 0 spiro atoms. The van der Waals surface area contributed by atoms with E-state index in [-0.39, 0.29) is 57.5 Å². The summed E-state index contributed by atoms with van der Waals surface area (Å²) < 4.78 is 32.0. The maximum absolute atomic E-state index is 11.3. The fraction of sp³-hybridized carbons (Fsp3) is 0.167. The van der Waals surface area contributed by atoms with Gasteiger partial charge in [0.2, 0.25) is 17.8 Å². The summed E-state index contributed by atoms with van der Waals surface area (Å²) >= 11 is 0.